The molecule has 57 heavy (non-hydrogen) atoms. The Hall–Kier alpha value is -5.33. The monoisotopic (exact) mass is 848 g/mol. The van der Waals surface area contributed by atoms with Crippen molar-refractivity contribution in [2.24, 2.45) is 22.9 Å². The van der Waals surface area contributed by atoms with Gasteiger partial charge in [-0.05, 0) is 62.5 Å². The van der Waals surface area contributed by atoms with Gasteiger partial charge >= 0.3 is 5.97 Å². The molecule has 6 atom stereocenters. The number of amides is 9. The Balaban J connectivity index is 6.46. The number of carbonyl (C=O) groups excluding carboxylic acids is 9. The second-order valence-electron chi connectivity index (χ2n) is 12.6. The SMILES string of the molecule is CSCC[C@H](NC(=O)[C@H](CCCNC(=N)N)NC(=O)[C@H](CCSC)NC(=O)[C@H](CCC(=O)O)NC(=O)[C@H](CCC(N)=O)NC(C)=O)C(=O)N[C@@H](CC(N)=O)C(N)=O. The Labute approximate surface area is 338 Å². The van der Waals surface area contributed by atoms with E-state index in [9.17, 15) is 53.1 Å². The molecule has 0 unspecified atom stereocenters. The minimum absolute atomic E-state index is 0.00117. The molecule has 17 N–H and O–H groups in total. The van der Waals surface area contributed by atoms with Gasteiger partial charge in [0, 0.05) is 26.3 Å². The summed E-state index contributed by atoms with van der Waals surface area (Å²) in [5.41, 5.74) is 21.0. The highest BCUT2D eigenvalue weighted by atomic mass is 32.2. The van der Waals surface area contributed by atoms with Crippen LogP contribution < -0.4 is 60.2 Å². The van der Waals surface area contributed by atoms with Crippen molar-refractivity contribution in [3.63, 3.8) is 0 Å². The van der Waals surface area contributed by atoms with Gasteiger partial charge in [-0.3, -0.25) is 53.4 Å². The Kier molecular flexibility index (Phi) is 25.5. The first-order valence-corrected chi connectivity index (χ1v) is 20.4. The van der Waals surface area contributed by atoms with E-state index in [0.717, 1.165) is 6.92 Å². The number of rotatable bonds is 30. The van der Waals surface area contributed by atoms with Crippen LogP contribution in [-0.2, 0) is 47.9 Å². The highest BCUT2D eigenvalue weighted by Gasteiger charge is 2.33. The molecule has 25 heteroatoms. The van der Waals surface area contributed by atoms with Gasteiger partial charge in [-0.15, -0.1) is 0 Å². The van der Waals surface area contributed by atoms with E-state index in [4.69, 9.17) is 28.3 Å². The summed E-state index contributed by atoms with van der Waals surface area (Å²) in [6, 6.07) is -8.28. The van der Waals surface area contributed by atoms with Crippen LogP contribution in [0.15, 0.2) is 0 Å². The average molecular weight is 849 g/mol. The highest BCUT2D eigenvalue weighted by molar-refractivity contribution is 7.98. The van der Waals surface area contributed by atoms with E-state index in [2.05, 4.69) is 37.2 Å². The van der Waals surface area contributed by atoms with Crippen molar-refractivity contribution < 1.29 is 53.1 Å². The minimum Gasteiger partial charge on any atom is -0.481 e. The Morgan fingerprint density at radius 1 is 0.561 bits per heavy atom. The van der Waals surface area contributed by atoms with Gasteiger partial charge in [0.2, 0.25) is 53.2 Å². The molecule has 0 fully saturated rings. The molecule has 0 saturated heterocycles. The van der Waals surface area contributed by atoms with Crippen molar-refractivity contribution in [2.75, 3.05) is 30.6 Å². The molecule has 0 aliphatic rings. The second kappa shape index (κ2) is 28.1. The standard InChI is InChI=1S/C32H56N12O11S2/c1-16(45)39-18(6-8-23(33)46)28(52)41-19(7-9-25(48)49)29(53)43-20(10-13-56-2)30(54)40-17(5-4-12-38-32(36)37)27(51)42-21(11-14-57-3)31(55)44-22(26(35)50)15-24(34)47/h17-22H,4-15H2,1-3H3,(H2,33,46)(H2,34,47)(H2,35,50)(H,39,45)(H,40,54)(H,41,52)(H,42,51)(H,43,53)(H,44,55)(H,48,49)(H4,36,37,38)/t17-,18-,19-,20-,21-,22-/m0/s1. The van der Waals surface area contributed by atoms with E-state index in [1.165, 1.54) is 23.5 Å². The first-order valence-electron chi connectivity index (χ1n) is 17.6. The van der Waals surface area contributed by atoms with Crippen LogP contribution in [-0.4, -0.2) is 137 Å². The maximum Gasteiger partial charge on any atom is 0.303 e. The molecule has 0 aromatic rings. The van der Waals surface area contributed by atoms with Crippen LogP contribution >= 0.6 is 23.5 Å². The van der Waals surface area contributed by atoms with Crippen molar-refractivity contribution in [3.05, 3.63) is 0 Å². The summed E-state index contributed by atoms with van der Waals surface area (Å²) >= 11 is 2.65. The van der Waals surface area contributed by atoms with Gasteiger partial charge in [-0.1, -0.05) is 0 Å². The van der Waals surface area contributed by atoms with E-state index < -0.39 is 115 Å². The fourth-order valence-corrected chi connectivity index (χ4v) is 5.87. The van der Waals surface area contributed by atoms with Crippen LogP contribution in [0.2, 0.25) is 0 Å². The largest absolute Gasteiger partial charge is 0.481 e. The van der Waals surface area contributed by atoms with E-state index >= 15 is 0 Å². The zero-order chi connectivity index (χ0) is 43.7. The minimum atomic E-state index is -1.53. The number of carboxylic acids is 1. The summed E-state index contributed by atoms with van der Waals surface area (Å²) in [6.45, 7) is 1.22. The molecular formula is C32H56N12O11S2. The van der Waals surface area contributed by atoms with Crippen LogP contribution in [0.5, 0.6) is 0 Å². The molecule has 0 saturated carbocycles. The van der Waals surface area contributed by atoms with Crippen molar-refractivity contribution in [1.29, 1.82) is 5.41 Å². The van der Waals surface area contributed by atoms with Crippen molar-refractivity contribution in [1.82, 2.24) is 37.2 Å². The summed E-state index contributed by atoms with van der Waals surface area (Å²) in [6.07, 6.45) is 1.47. The molecule has 0 aliphatic carbocycles. The number of thioether (sulfide) groups is 2. The van der Waals surface area contributed by atoms with Gasteiger partial charge in [-0.25, -0.2) is 0 Å². The second-order valence-corrected chi connectivity index (χ2v) is 14.6. The summed E-state index contributed by atoms with van der Waals surface area (Å²) < 4.78 is 0. The topological polar surface area (TPSA) is 403 Å². The predicted molar refractivity (Wildman–Crippen MR) is 211 cm³/mol. The van der Waals surface area contributed by atoms with Crippen molar-refractivity contribution in [3.8, 4) is 0 Å². The number of hydrogen-bond donors (Lipinski definition) is 13. The third-order valence-corrected chi connectivity index (χ3v) is 9.11. The van der Waals surface area contributed by atoms with Gasteiger partial charge in [0.1, 0.15) is 36.3 Å². The van der Waals surface area contributed by atoms with Gasteiger partial charge in [0.05, 0.1) is 6.42 Å². The number of guanidine groups is 1. The predicted octanol–water partition coefficient (Wildman–Crippen LogP) is -4.82. The van der Waals surface area contributed by atoms with E-state index in [1.54, 1.807) is 12.5 Å². The first-order chi connectivity index (χ1) is 26.7. The number of primary amides is 3. The smallest absolute Gasteiger partial charge is 0.303 e. The zero-order valence-corrected chi connectivity index (χ0v) is 33.7. The fraction of sp³-hybridized carbons (Fsp3) is 0.656. The van der Waals surface area contributed by atoms with Gasteiger partial charge in [0.15, 0.2) is 5.96 Å². The van der Waals surface area contributed by atoms with Crippen LogP contribution in [0.25, 0.3) is 0 Å². The molecule has 23 nitrogen and oxygen atoms in total. The molecular weight excluding hydrogens is 793 g/mol. The van der Waals surface area contributed by atoms with Crippen molar-refractivity contribution >= 4 is 88.6 Å². The maximum absolute atomic E-state index is 13.8. The molecule has 0 heterocycles. The quantitative estimate of drug-likeness (QED) is 0.0183. The number of carboxylic acid groups (broad SMARTS) is 1. The number of aliphatic carboxylic acids is 1. The fourth-order valence-electron chi connectivity index (χ4n) is 4.93. The van der Waals surface area contributed by atoms with Crippen LogP contribution in [0.3, 0.4) is 0 Å². The Morgan fingerprint density at radius 3 is 1.30 bits per heavy atom. The van der Waals surface area contributed by atoms with Crippen molar-refractivity contribution in [2.45, 2.75) is 101 Å². The molecule has 0 spiro atoms. The Bertz CT molecular complexity index is 1460. The first kappa shape index (κ1) is 51.7. The molecule has 0 aromatic heterocycles. The van der Waals surface area contributed by atoms with Gasteiger partial charge in [-0.2, -0.15) is 23.5 Å². The zero-order valence-electron chi connectivity index (χ0n) is 32.1. The maximum atomic E-state index is 13.8. The lowest BCUT2D eigenvalue weighted by Gasteiger charge is -2.27. The number of nitrogens with two attached hydrogens (primary N) is 4. The van der Waals surface area contributed by atoms with E-state index in [0.29, 0.717) is 11.5 Å². The Morgan fingerprint density at radius 2 is 0.947 bits per heavy atom. The molecule has 0 aliphatic heterocycles. The summed E-state index contributed by atoms with van der Waals surface area (Å²) in [5, 5.41) is 33.9. The molecule has 0 aromatic carbocycles. The lowest BCUT2D eigenvalue weighted by molar-refractivity contribution is -0.138. The van der Waals surface area contributed by atoms with Crippen LogP contribution in [0.4, 0.5) is 0 Å². The van der Waals surface area contributed by atoms with Crippen LogP contribution in [0.1, 0.15) is 64.7 Å². The molecule has 0 radical (unpaired) electrons. The van der Waals surface area contributed by atoms with Crippen LogP contribution in [0, 0.1) is 5.41 Å². The third kappa shape index (κ3) is 23.4. The normalized spacial score (nSPS) is 13.8. The lowest BCUT2D eigenvalue weighted by atomic mass is 10.1. The molecule has 9 amide bonds. The summed E-state index contributed by atoms with van der Waals surface area (Å²) in [7, 11) is 0. The third-order valence-electron chi connectivity index (χ3n) is 7.82. The summed E-state index contributed by atoms with van der Waals surface area (Å²) in [5.74, 6) is -8.81. The number of hydrogen-bond acceptors (Lipinski definition) is 13. The number of carbonyl (C=O) groups is 10. The van der Waals surface area contributed by atoms with E-state index in [1.807, 2.05) is 0 Å². The van der Waals surface area contributed by atoms with Gasteiger partial charge in [0.25, 0.3) is 0 Å². The average Bonchev–Trinajstić information content (AvgIpc) is 3.11. The lowest BCUT2D eigenvalue weighted by Crippen LogP contribution is -2.60. The van der Waals surface area contributed by atoms with E-state index in [-0.39, 0.29) is 51.0 Å². The molecule has 0 rings (SSSR count). The summed E-state index contributed by atoms with van der Waals surface area (Å²) in [4.78, 5) is 125. The van der Waals surface area contributed by atoms with Gasteiger partial charge < -0.3 is 65.3 Å². The number of nitrogens with one attached hydrogen (secondary N) is 8. The highest BCUT2D eigenvalue weighted by Crippen LogP contribution is 2.09. The molecule has 0 bridgehead atoms. The molecule has 322 valence electrons.